The number of para-hydroxylation sites is 2. The number of hydrogen-bond acceptors (Lipinski definition) is 2. The quantitative estimate of drug-likeness (QED) is 0.146. The molecule has 3 nitrogen and oxygen atoms in total. The van der Waals surface area contributed by atoms with Crippen molar-refractivity contribution in [3.05, 3.63) is 224 Å². The molecule has 0 amide bonds. The molecule has 276 valence electrons. The minimum Gasteiger partial charge on any atom is -0.497 e. The summed E-state index contributed by atoms with van der Waals surface area (Å²) in [5.74, 6) is 0.856. The third-order valence-corrected chi connectivity index (χ3v) is 11.1. The Labute approximate surface area is 339 Å². The molecule has 9 aromatic carbocycles. The molecule has 1 heterocycles. The van der Waals surface area contributed by atoms with Crippen molar-refractivity contribution in [2.45, 2.75) is 0 Å². The molecular formula is C55H40N2O. The molecular weight excluding hydrogens is 705 g/mol. The molecule has 0 spiro atoms. The van der Waals surface area contributed by atoms with Crippen molar-refractivity contribution < 1.29 is 4.74 Å². The lowest BCUT2D eigenvalue weighted by Crippen LogP contribution is -2.09. The van der Waals surface area contributed by atoms with Crippen molar-refractivity contribution in [1.29, 1.82) is 0 Å². The van der Waals surface area contributed by atoms with Gasteiger partial charge in [-0.2, -0.15) is 0 Å². The average Bonchev–Trinajstić information content (AvgIpc) is 3.65. The van der Waals surface area contributed by atoms with Gasteiger partial charge in [-0.25, -0.2) is 0 Å². The first-order chi connectivity index (χ1) is 28.7. The second kappa shape index (κ2) is 15.1. The number of hydrogen-bond donors (Lipinski definition) is 0. The first-order valence-corrected chi connectivity index (χ1v) is 19.7. The summed E-state index contributed by atoms with van der Waals surface area (Å²) in [4.78, 5) is 2.34. The van der Waals surface area contributed by atoms with Crippen molar-refractivity contribution in [3.8, 4) is 55.9 Å². The molecule has 10 aromatic rings. The highest BCUT2D eigenvalue weighted by Crippen LogP contribution is 2.39. The summed E-state index contributed by atoms with van der Waals surface area (Å²) >= 11 is 0. The SMILES string of the molecule is COc1ccc(-c2cccc(-c3ccc(N(c4ccc(-c5ccccc5)cc4)c4ccc(-c5cccc(-n6c7ccccc7c7ccccc76)c5)cc4)cc3)c2)cc1. The molecule has 0 fully saturated rings. The molecule has 1 aromatic heterocycles. The van der Waals surface area contributed by atoms with Gasteiger partial charge in [-0.1, -0.05) is 146 Å². The van der Waals surface area contributed by atoms with Crippen LogP contribution in [0.3, 0.4) is 0 Å². The van der Waals surface area contributed by atoms with E-state index in [4.69, 9.17) is 4.74 Å². The van der Waals surface area contributed by atoms with Crippen molar-refractivity contribution in [2.24, 2.45) is 0 Å². The zero-order chi connectivity index (χ0) is 38.8. The van der Waals surface area contributed by atoms with Crippen LogP contribution in [0.2, 0.25) is 0 Å². The highest BCUT2D eigenvalue weighted by Gasteiger charge is 2.16. The lowest BCUT2D eigenvalue weighted by Gasteiger charge is -2.26. The number of aromatic nitrogens is 1. The molecule has 0 unspecified atom stereocenters. The zero-order valence-electron chi connectivity index (χ0n) is 32.2. The Morgan fingerprint density at radius 2 is 0.707 bits per heavy atom. The van der Waals surface area contributed by atoms with Gasteiger partial charge in [0.15, 0.2) is 0 Å². The third kappa shape index (κ3) is 6.59. The van der Waals surface area contributed by atoms with Crippen LogP contribution in [0, 0.1) is 0 Å². The Hall–Kier alpha value is -7.62. The van der Waals surface area contributed by atoms with E-state index in [9.17, 15) is 0 Å². The van der Waals surface area contributed by atoms with Crippen LogP contribution in [0.4, 0.5) is 17.1 Å². The van der Waals surface area contributed by atoms with Gasteiger partial charge in [-0.15, -0.1) is 0 Å². The third-order valence-electron chi connectivity index (χ3n) is 11.1. The van der Waals surface area contributed by atoms with E-state index in [2.05, 4.69) is 222 Å². The Kier molecular flexibility index (Phi) is 9.09. The van der Waals surface area contributed by atoms with E-state index in [-0.39, 0.29) is 0 Å². The molecule has 10 rings (SSSR count). The first kappa shape index (κ1) is 34.8. The molecule has 0 atom stereocenters. The Bertz CT molecular complexity index is 2950. The highest BCUT2D eigenvalue weighted by atomic mass is 16.5. The molecule has 0 aliphatic rings. The fourth-order valence-corrected chi connectivity index (χ4v) is 8.17. The number of methoxy groups -OCH3 is 1. The van der Waals surface area contributed by atoms with Crippen molar-refractivity contribution >= 4 is 38.9 Å². The minimum absolute atomic E-state index is 0.856. The van der Waals surface area contributed by atoms with Crippen molar-refractivity contribution in [1.82, 2.24) is 4.57 Å². The van der Waals surface area contributed by atoms with Gasteiger partial charge in [0.1, 0.15) is 5.75 Å². The summed E-state index contributed by atoms with van der Waals surface area (Å²) in [5.41, 5.74) is 16.2. The van der Waals surface area contributed by atoms with Gasteiger partial charge in [0.25, 0.3) is 0 Å². The molecule has 0 saturated heterocycles. The summed E-state index contributed by atoms with van der Waals surface area (Å²) in [5, 5.41) is 2.53. The summed E-state index contributed by atoms with van der Waals surface area (Å²) < 4.78 is 7.76. The maximum atomic E-state index is 5.38. The number of benzene rings is 9. The second-order valence-electron chi connectivity index (χ2n) is 14.6. The Morgan fingerprint density at radius 1 is 0.328 bits per heavy atom. The molecule has 0 aliphatic heterocycles. The van der Waals surface area contributed by atoms with Crippen LogP contribution in [0.15, 0.2) is 224 Å². The van der Waals surface area contributed by atoms with Gasteiger partial charge in [0.2, 0.25) is 0 Å². The van der Waals surface area contributed by atoms with Gasteiger partial charge >= 0.3 is 0 Å². The fourth-order valence-electron chi connectivity index (χ4n) is 8.17. The molecule has 3 heteroatoms. The van der Waals surface area contributed by atoms with E-state index in [1.165, 1.54) is 49.6 Å². The van der Waals surface area contributed by atoms with Gasteiger partial charge in [-0.3, -0.25) is 0 Å². The summed E-state index contributed by atoms with van der Waals surface area (Å²) in [7, 11) is 1.70. The largest absolute Gasteiger partial charge is 0.497 e. The summed E-state index contributed by atoms with van der Waals surface area (Å²) in [6, 6.07) is 80.4. The number of fused-ring (bicyclic) bond motifs is 3. The average molecular weight is 745 g/mol. The number of anilines is 3. The molecule has 0 saturated carbocycles. The van der Waals surface area contributed by atoms with Crippen LogP contribution in [-0.4, -0.2) is 11.7 Å². The van der Waals surface area contributed by atoms with E-state index in [0.717, 1.165) is 45.2 Å². The van der Waals surface area contributed by atoms with Crippen LogP contribution >= 0.6 is 0 Å². The van der Waals surface area contributed by atoms with Gasteiger partial charge in [0, 0.05) is 33.5 Å². The minimum atomic E-state index is 0.856. The molecule has 0 radical (unpaired) electrons. The second-order valence-corrected chi connectivity index (χ2v) is 14.6. The van der Waals surface area contributed by atoms with Crippen LogP contribution in [0.25, 0.3) is 72.0 Å². The number of nitrogens with zero attached hydrogens (tertiary/aromatic N) is 2. The standard InChI is InChI=1S/C55H40N2O/c1-58-51-35-27-43(28-36-51)45-14-9-13-44(37-45)41-23-31-48(32-24-41)56(47-29-21-40(22-30-47)39-11-3-2-4-12-39)49-33-25-42(26-34-49)46-15-10-16-50(38-46)57-54-19-7-5-17-52(54)53-18-6-8-20-55(53)57/h2-38H,1H3. The summed E-state index contributed by atoms with van der Waals surface area (Å²) in [6.45, 7) is 0. The zero-order valence-corrected chi connectivity index (χ0v) is 32.2. The smallest absolute Gasteiger partial charge is 0.118 e. The normalized spacial score (nSPS) is 11.2. The van der Waals surface area contributed by atoms with Crippen molar-refractivity contribution in [3.63, 3.8) is 0 Å². The van der Waals surface area contributed by atoms with E-state index in [0.29, 0.717) is 0 Å². The lowest BCUT2D eigenvalue weighted by molar-refractivity contribution is 0.415. The highest BCUT2D eigenvalue weighted by molar-refractivity contribution is 6.09. The van der Waals surface area contributed by atoms with E-state index in [1.54, 1.807) is 7.11 Å². The molecule has 58 heavy (non-hydrogen) atoms. The van der Waals surface area contributed by atoms with E-state index >= 15 is 0 Å². The van der Waals surface area contributed by atoms with Crippen LogP contribution in [0.5, 0.6) is 5.75 Å². The van der Waals surface area contributed by atoms with E-state index in [1.807, 2.05) is 12.1 Å². The van der Waals surface area contributed by atoms with Crippen LogP contribution in [-0.2, 0) is 0 Å². The molecule has 0 aliphatic carbocycles. The van der Waals surface area contributed by atoms with E-state index < -0.39 is 0 Å². The topological polar surface area (TPSA) is 17.4 Å². The summed E-state index contributed by atoms with van der Waals surface area (Å²) in [6.07, 6.45) is 0. The Morgan fingerprint density at radius 3 is 1.21 bits per heavy atom. The maximum absolute atomic E-state index is 5.38. The molecule has 0 bridgehead atoms. The lowest BCUT2D eigenvalue weighted by atomic mass is 9.98. The maximum Gasteiger partial charge on any atom is 0.118 e. The molecule has 0 N–H and O–H groups in total. The van der Waals surface area contributed by atoms with Gasteiger partial charge in [0.05, 0.1) is 18.1 Å². The number of rotatable bonds is 9. The van der Waals surface area contributed by atoms with Crippen LogP contribution < -0.4 is 9.64 Å². The van der Waals surface area contributed by atoms with Crippen LogP contribution in [0.1, 0.15) is 0 Å². The monoisotopic (exact) mass is 744 g/mol. The predicted octanol–water partition coefficient (Wildman–Crippen LogP) is 14.9. The first-order valence-electron chi connectivity index (χ1n) is 19.7. The van der Waals surface area contributed by atoms with Gasteiger partial charge < -0.3 is 14.2 Å². The van der Waals surface area contributed by atoms with Gasteiger partial charge in [-0.05, 0) is 123 Å². The van der Waals surface area contributed by atoms with Crippen molar-refractivity contribution in [2.75, 3.05) is 12.0 Å². The predicted molar refractivity (Wildman–Crippen MR) is 244 cm³/mol. The number of ether oxygens (including phenoxy) is 1. The Balaban J connectivity index is 0.998. The fraction of sp³-hybridized carbons (Fsp3) is 0.0182.